The van der Waals surface area contributed by atoms with Gasteiger partial charge in [-0.1, -0.05) is 13.0 Å². The average Bonchev–Trinajstić information content (AvgIpc) is 2.83. The van der Waals surface area contributed by atoms with E-state index in [4.69, 9.17) is 4.74 Å². The molecule has 2 saturated carbocycles. The van der Waals surface area contributed by atoms with E-state index in [9.17, 15) is 4.79 Å². The van der Waals surface area contributed by atoms with Crippen LogP contribution < -0.4 is 4.74 Å². The Morgan fingerprint density at radius 2 is 2.00 bits per heavy atom. The second-order valence-electron chi connectivity index (χ2n) is 7.81. The Morgan fingerprint density at radius 3 is 2.77 bits per heavy atom. The van der Waals surface area contributed by atoms with Crippen LogP contribution >= 0.6 is 0 Å². The molecule has 0 bridgehead atoms. The summed E-state index contributed by atoms with van der Waals surface area (Å²) in [5.41, 5.74) is 4.37. The fourth-order valence-electron chi connectivity index (χ4n) is 5.80. The summed E-state index contributed by atoms with van der Waals surface area (Å²) in [5, 5.41) is 0. The first-order chi connectivity index (χ1) is 10.6. The molecule has 2 nitrogen and oxygen atoms in total. The summed E-state index contributed by atoms with van der Waals surface area (Å²) in [6.07, 6.45) is 6.53. The van der Waals surface area contributed by atoms with E-state index in [1.165, 1.54) is 23.1 Å². The summed E-state index contributed by atoms with van der Waals surface area (Å²) in [6.45, 7) is 4.47. The van der Waals surface area contributed by atoms with Crippen LogP contribution in [-0.4, -0.2) is 12.9 Å². The number of methoxy groups -OCH3 is 1. The Balaban J connectivity index is 1.79. The minimum atomic E-state index is -0.0320. The van der Waals surface area contributed by atoms with E-state index in [-0.39, 0.29) is 5.41 Å². The molecule has 0 radical (unpaired) electrons. The number of fused-ring (bicyclic) bond motifs is 5. The molecule has 1 aromatic carbocycles. The predicted molar refractivity (Wildman–Crippen MR) is 87.4 cm³/mol. The molecule has 0 N–H and O–H groups in total. The van der Waals surface area contributed by atoms with Crippen molar-refractivity contribution in [2.24, 2.45) is 17.3 Å². The Kier molecular flexibility index (Phi) is 3.15. The van der Waals surface area contributed by atoms with Crippen molar-refractivity contribution in [3.05, 3.63) is 28.8 Å². The molecule has 0 aromatic heterocycles. The van der Waals surface area contributed by atoms with E-state index in [1.54, 1.807) is 7.11 Å². The second kappa shape index (κ2) is 4.84. The van der Waals surface area contributed by atoms with Crippen LogP contribution in [0.25, 0.3) is 0 Å². The van der Waals surface area contributed by atoms with Crippen molar-refractivity contribution in [2.75, 3.05) is 7.11 Å². The highest BCUT2D eigenvalue weighted by Crippen LogP contribution is 2.60. The largest absolute Gasteiger partial charge is 0.496 e. The summed E-state index contributed by atoms with van der Waals surface area (Å²) in [4.78, 5) is 12.4. The minimum absolute atomic E-state index is 0.0320. The van der Waals surface area contributed by atoms with Gasteiger partial charge in [-0.25, -0.2) is 0 Å². The normalized spacial score (nSPS) is 36.5. The summed E-state index contributed by atoms with van der Waals surface area (Å²) in [6, 6.07) is 4.34. The number of hydrogen-bond acceptors (Lipinski definition) is 2. The standard InChI is InChI=1S/C20H26O2/c1-12-4-8-17(22-3)19-13(12)5-6-14-15(19)10-11-20(2)16(14)7-9-18(20)21/h4,8,14-16H,5-7,9-11H2,1-3H3. The van der Waals surface area contributed by atoms with Crippen LogP contribution in [-0.2, 0) is 11.2 Å². The molecule has 2 heteroatoms. The lowest BCUT2D eigenvalue weighted by Crippen LogP contribution is -2.42. The number of ketones is 1. The zero-order chi connectivity index (χ0) is 15.5. The van der Waals surface area contributed by atoms with Gasteiger partial charge < -0.3 is 4.74 Å². The number of rotatable bonds is 1. The fourth-order valence-corrected chi connectivity index (χ4v) is 5.80. The van der Waals surface area contributed by atoms with E-state index in [1.807, 2.05) is 0 Å². The van der Waals surface area contributed by atoms with Gasteiger partial charge in [-0.2, -0.15) is 0 Å². The maximum Gasteiger partial charge on any atom is 0.139 e. The van der Waals surface area contributed by atoms with Gasteiger partial charge in [-0.05, 0) is 74.0 Å². The first kappa shape index (κ1) is 14.3. The summed E-state index contributed by atoms with van der Waals surface area (Å²) in [5.74, 6) is 3.47. The molecule has 118 valence electrons. The smallest absolute Gasteiger partial charge is 0.139 e. The van der Waals surface area contributed by atoms with Gasteiger partial charge in [0, 0.05) is 17.4 Å². The van der Waals surface area contributed by atoms with Gasteiger partial charge in [0.15, 0.2) is 0 Å². The highest BCUT2D eigenvalue weighted by atomic mass is 16.5. The molecule has 0 spiro atoms. The van der Waals surface area contributed by atoms with Gasteiger partial charge in [-0.3, -0.25) is 4.79 Å². The highest BCUT2D eigenvalue weighted by Gasteiger charge is 2.55. The topological polar surface area (TPSA) is 26.3 Å². The van der Waals surface area contributed by atoms with Crippen LogP contribution in [0.3, 0.4) is 0 Å². The van der Waals surface area contributed by atoms with Crippen molar-refractivity contribution in [1.82, 2.24) is 0 Å². The molecule has 4 rings (SSSR count). The highest BCUT2D eigenvalue weighted by molar-refractivity contribution is 5.87. The van der Waals surface area contributed by atoms with Gasteiger partial charge >= 0.3 is 0 Å². The van der Waals surface area contributed by atoms with Crippen LogP contribution in [0.4, 0.5) is 0 Å². The Labute approximate surface area is 133 Å². The molecule has 1 aromatic rings. The van der Waals surface area contributed by atoms with Crippen LogP contribution in [0.15, 0.2) is 12.1 Å². The van der Waals surface area contributed by atoms with Gasteiger partial charge in [0.25, 0.3) is 0 Å². The predicted octanol–water partition coefficient (Wildman–Crippen LogP) is 4.43. The minimum Gasteiger partial charge on any atom is -0.496 e. The SMILES string of the molecule is COc1ccc(C)c2c1C1CCC3(C)C(=O)CCC3C1CC2. The maximum absolute atomic E-state index is 12.4. The second-order valence-corrected chi connectivity index (χ2v) is 7.81. The number of carbonyl (C=O) groups excluding carboxylic acids is 1. The quantitative estimate of drug-likeness (QED) is 0.766. The van der Waals surface area contributed by atoms with E-state index in [0.29, 0.717) is 23.5 Å². The molecule has 0 amide bonds. The van der Waals surface area contributed by atoms with Crippen molar-refractivity contribution in [2.45, 2.75) is 58.3 Å². The third kappa shape index (κ3) is 1.76. The average molecular weight is 298 g/mol. The summed E-state index contributed by atoms with van der Waals surface area (Å²) < 4.78 is 5.71. The van der Waals surface area contributed by atoms with E-state index >= 15 is 0 Å². The number of benzene rings is 1. The number of hydrogen-bond donors (Lipinski definition) is 0. The third-order valence-electron chi connectivity index (χ3n) is 7.02. The molecule has 0 saturated heterocycles. The molecule has 4 unspecified atom stereocenters. The van der Waals surface area contributed by atoms with Crippen LogP contribution in [0, 0.1) is 24.2 Å². The van der Waals surface area contributed by atoms with Crippen molar-refractivity contribution in [3.8, 4) is 5.75 Å². The van der Waals surface area contributed by atoms with Crippen molar-refractivity contribution < 1.29 is 9.53 Å². The molecule has 0 aliphatic heterocycles. The first-order valence-electron chi connectivity index (χ1n) is 8.76. The molecule has 3 aliphatic rings. The van der Waals surface area contributed by atoms with Crippen LogP contribution in [0.1, 0.15) is 61.6 Å². The Bertz CT molecular complexity index is 633. The fraction of sp³-hybridized carbons (Fsp3) is 0.650. The lowest BCUT2D eigenvalue weighted by molar-refractivity contribution is -0.129. The zero-order valence-electron chi connectivity index (χ0n) is 13.9. The third-order valence-corrected chi connectivity index (χ3v) is 7.02. The van der Waals surface area contributed by atoms with Crippen molar-refractivity contribution in [1.29, 1.82) is 0 Å². The molecule has 4 atom stereocenters. The Hall–Kier alpha value is -1.31. The van der Waals surface area contributed by atoms with Crippen molar-refractivity contribution in [3.63, 3.8) is 0 Å². The summed E-state index contributed by atoms with van der Waals surface area (Å²) >= 11 is 0. The van der Waals surface area contributed by atoms with Gasteiger partial charge in [0.1, 0.15) is 11.5 Å². The number of ether oxygens (including phenoxy) is 1. The van der Waals surface area contributed by atoms with Crippen molar-refractivity contribution >= 4 is 5.78 Å². The molecular weight excluding hydrogens is 272 g/mol. The lowest BCUT2D eigenvalue weighted by atomic mass is 9.55. The first-order valence-corrected chi connectivity index (χ1v) is 8.76. The number of carbonyl (C=O) groups is 1. The van der Waals surface area contributed by atoms with Crippen LogP contribution in [0.5, 0.6) is 5.75 Å². The lowest BCUT2D eigenvalue weighted by Gasteiger charge is -2.48. The number of Topliss-reactive ketones (excluding diaryl/α,β-unsaturated/α-hetero) is 1. The molecule has 2 fully saturated rings. The van der Waals surface area contributed by atoms with Crippen LogP contribution in [0.2, 0.25) is 0 Å². The summed E-state index contributed by atoms with van der Waals surface area (Å²) in [7, 11) is 1.79. The van der Waals surface area contributed by atoms with E-state index in [2.05, 4.69) is 26.0 Å². The van der Waals surface area contributed by atoms with E-state index in [0.717, 1.165) is 37.9 Å². The molecular formula is C20H26O2. The monoisotopic (exact) mass is 298 g/mol. The van der Waals surface area contributed by atoms with Gasteiger partial charge in [0.05, 0.1) is 7.11 Å². The molecule has 0 heterocycles. The number of aryl methyl sites for hydroxylation is 1. The Morgan fingerprint density at radius 1 is 1.18 bits per heavy atom. The van der Waals surface area contributed by atoms with E-state index < -0.39 is 0 Å². The van der Waals surface area contributed by atoms with Gasteiger partial charge in [-0.15, -0.1) is 0 Å². The molecule has 22 heavy (non-hydrogen) atoms. The maximum atomic E-state index is 12.4. The zero-order valence-corrected chi connectivity index (χ0v) is 13.9. The molecule has 3 aliphatic carbocycles. The van der Waals surface area contributed by atoms with Gasteiger partial charge in [0.2, 0.25) is 0 Å².